The predicted octanol–water partition coefficient (Wildman–Crippen LogP) is 4.50. The fourth-order valence-electron chi connectivity index (χ4n) is 3.06. The highest BCUT2D eigenvalue weighted by Crippen LogP contribution is 2.21. The maximum Gasteiger partial charge on any atom is 0.251 e. The van der Waals surface area contributed by atoms with Crippen molar-refractivity contribution in [2.75, 3.05) is 5.32 Å². The summed E-state index contributed by atoms with van der Waals surface area (Å²) < 4.78 is 5.81. The number of nitrogens with one attached hydrogen (secondary N) is 2. The number of nitrogens with zero attached hydrogens (tertiary/aromatic N) is 1. The molecule has 0 aliphatic carbocycles. The third-order valence-corrected chi connectivity index (χ3v) is 4.52. The van der Waals surface area contributed by atoms with Crippen LogP contribution in [0.3, 0.4) is 0 Å². The van der Waals surface area contributed by atoms with E-state index in [1.807, 2.05) is 68.4 Å². The topological polar surface area (TPSA) is 80.3 Å². The maximum absolute atomic E-state index is 13.1. The molecule has 0 saturated heterocycles. The van der Waals surface area contributed by atoms with Gasteiger partial charge in [-0.15, -0.1) is 0 Å². The number of pyridine rings is 1. The van der Waals surface area contributed by atoms with Crippen molar-refractivity contribution in [2.24, 2.45) is 5.92 Å². The Morgan fingerprint density at radius 2 is 1.81 bits per heavy atom. The Balaban J connectivity index is 1.69. The van der Waals surface area contributed by atoms with E-state index in [0.29, 0.717) is 24.5 Å². The summed E-state index contributed by atoms with van der Waals surface area (Å²) in [4.78, 5) is 29.5. The Labute approximate surface area is 182 Å². The Bertz CT molecular complexity index is 991. The van der Waals surface area contributed by atoms with Crippen molar-refractivity contribution in [3.63, 3.8) is 0 Å². The van der Waals surface area contributed by atoms with Gasteiger partial charge >= 0.3 is 0 Å². The lowest BCUT2D eigenvalue weighted by molar-refractivity contribution is -0.127. The maximum atomic E-state index is 13.1. The second-order valence-electron chi connectivity index (χ2n) is 7.68. The third-order valence-electron chi connectivity index (χ3n) is 4.52. The number of benzene rings is 2. The van der Waals surface area contributed by atoms with Gasteiger partial charge in [-0.1, -0.05) is 56.3 Å². The first-order valence-electron chi connectivity index (χ1n) is 10.3. The van der Waals surface area contributed by atoms with Crippen molar-refractivity contribution in [1.82, 2.24) is 10.3 Å². The van der Waals surface area contributed by atoms with Crippen LogP contribution in [0.5, 0.6) is 5.75 Å². The van der Waals surface area contributed by atoms with Crippen molar-refractivity contribution in [2.45, 2.75) is 32.9 Å². The van der Waals surface area contributed by atoms with E-state index in [2.05, 4.69) is 15.6 Å². The van der Waals surface area contributed by atoms with E-state index < -0.39 is 6.04 Å². The SMILES string of the molecule is CC(C)CC(=O)NC(C(=O)Nc1cccc(OCc2cccnc2)c1)c1ccccc1. The predicted molar refractivity (Wildman–Crippen MR) is 120 cm³/mol. The molecule has 1 aromatic heterocycles. The zero-order valence-electron chi connectivity index (χ0n) is 17.7. The van der Waals surface area contributed by atoms with Crippen molar-refractivity contribution in [3.05, 3.63) is 90.3 Å². The lowest BCUT2D eigenvalue weighted by Crippen LogP contribution is -2.37. The minimum atomic E-state index is -0.785. The molecule has 0 saturated carbocycles. The van der Waals surface area contributed by atoms with Crippen LogP contribution in [0.15, 0.2) is 79.1 Å². The number of carbonyl (C=O) groups excluding carboxylic acids is 2. The summed E-state index contributed by atoms with van der Waals surface area (Å²) in [7, 11) is 0. The van der Waals surface area contributed by atoms with Crippen LogP contribution in [0, 0.1) is 5.92 Å². The minimum absolute atomic E-state index is 0.160. The zero-order valence-corrected chi connectivity index (χ0v) is 17.7. The highest BCUT2D eigenvalue weighted by molar-refractivity contribution is 5.98. The average Bonchev–Trinajstić information content (AvgIpc) is 2.77. The molecular weight excluding hydrogens is 390 g/mol. The second kappa shape index (κ2) is 10.9. The van der Waals surface area contributed by atoms with Crippen LogP contribution in [0.2, 0.25) is 0 Å². The first kappa shape index (κ1) is 22.0. The molecule has 160 valence electrons. The monoisotopic (exact) mass is 417 g/mol. The Morgan fingerprint density at radius 3 is 2.52 bits per heavy atom. The molecule has 0 aliphatic heterocycles. The van der Waals surface area contributed by atoms with Crippen molar-refractivity contribution >= 4 is 17.5 Å². The van der Waals surface area contributed by atoms with E-state index in [9.17, 15) is 9.59 Å². The summed E-state index contributed by atoms with van der Waals surface area (Å²) in [5.74, 6) is 0.357. The van der Waals surface area contributed by atoms with Gasteiger partial charge in [-0.2, -0.15) is 0 Å². The summed E-state index contributed by atoms with van der Waals surface area (Å²) in [6, 6.07) is 19.4. The van der Waals surface area contributed by atoms with Crippen LogP contribution < -0.4 is 15.4 Å². The van der Waals surface area contributed by atoms with E-state index in [4.69, 9.17) is 4.74 Å². The molecule has 1 unspecified atom stereocenters. The molecule has 0 spiro atoms. The number of hydrogen-bond acceptors (Lipinski definition) is 4. The number of aromatic nitrogens is 1. The van der Waals surface area contributed by atoms with Gasteiger partial charge in [-0.3, -0.25) is 14.6 Å². The van der Waals surface area contributed by atoms with Gasteiger partial charge in [-0.05, 0) is 29.7 Å². The molecule has 0 fully saturated rings. The first-order valence-corrected chi connectivity index (χ1v) is 10.3. The van der Waals surface area contributed by atoms with Gasteiger partial charge in [-0.25, -0.2) is 0 Å². The molecule has 2 amide bonds. The molecule has 0 radical (unpaired) electrons. The van der Waals surface area contributed by atoms with Gasteiger partial charge in [0.05, 0.1) is 0 Å². The second-order valence-corrected chi connectivity index (χ2v) is 7.68. The molecule has 6 nitrogen and oxygen atoms in total. The molecule has 1 heterocycles. The highest BCUT2D eigenvalue weighted by atomic mass is 16.5. The molecule has 31 heavy (non-hydrogen) atoms. The van der Waals surface area contributed by atoms with E-state index in [1.54, 1.807) is 24.5 Å². The number of anilines is 1. The van der Waals surface area contributed by atoms with Gasteiger partial charge in [0.15, 0.2) is 0 Å². The van der Waals surface area contributed by atoms with Gasteiger partial charge in [0.2, 0.25) is 5.91 Å². The van der Waals surface area contributed by atoms with Gasteiger partial charge in [0.25, 0.3) is 5.91 Å². The molecule has 3 rings (SSSR count). The van der Waals surface area contributed by atoms with Crippen molar-refractivity contribution in [1.29, 1.82) is 0 Å². The van der Waals surface area contributed by atoms with Crippen LogP contribution in [-0.4, -0.2) is 16.8 Å². The Kier molecular flexibility index (Phi) is 7.76. The van der Waals surface area contributed by atoms with E-state index in [0.717, 1.165) is 11.1 Å². The van der Waals surface area contributed by atoms with Crippen molar-refractivity contribution in [3.8, 4) is 5.75 Å². The lowest BCUT2D eigenvalue weighted by Gasteiger charge is -2.20. The zero-order chi connectivity index (χ0) is 22.1. The van der Waals surface area contributed by atoms with Crippen LogP contribution in [0.4, 0.5) is 5.69 Å². The summed E-state index contributed by atoms with van der Waals surface area (Å²) in [6.07, 6.45) is 3.81. The minimum Gasteiger partial charge on any atom is -0.489 e. The molecule has 2 N–H and O–H groups in total. The van der Waals surface area contributed by atoms with Crippen LogP contribution in [-0.2, 0) is 16.2 Å². The van der Waals surface area contributed by atoms with Crippen LogP contribution in [0.1, 0.15) is 37.4 Å². The van der Waals surface area contributed by atoms with Gasteiger partial charge < -0.3 is 15.4 Å². The molecule has 2 aromatic carbocycles. The smallest absolute Gasteiger partial charge is 0.251 e. The summed E-state index contributed by atoms with van der Waals surface area (Å²) >= 11 is 0. The fourth-order valence-corrected chi connectivity index (χ4v) is 3.06. The summed E-state index contributed by atoms with van der Waals surface area (Å²) in [5, 5.41) is 5.75. The van der Waals surface area contributed by atoms with E-state index >= 15 is 0 Å². The molecule has 6 heteroatoms. The number of amides is 2. The number of carbonyl (C=O) groups is 2. The first-order chi connectivity index (χ1) is 15.0. The van der Waals surface area contributed by atoms with Crippen LogP contribution in [0.25, 0.3) is 0 Å². The molecule has 3 aromatic rings. The third kappa shape index (κ3) is 6.96. The van der Waals surface area contributed by atoms with E-state index in [1.165, 1.54) is 0 Å². The van der Waals surface area contributed by atoms with Gasteiger partial charge in [0, 0.05) is 36.1 Å². The largest absolute Gasteiger partial charge is 0.489 e. The quantitative estimate of drug-likeness (QED) is 0.537. The molecule has 0 bridgehead atoms. The lowest BCUT2D eigenvalue weighted by atomic mass is 10.0. The molecule has 0 aliphatic rings. The summed E-state index contributed by atoms with van der Waals surface area (Å²) in [6.45, 7) is 4.31. The fraction of sp³-hybridized carbons (Fsp3) is 0.240. The van der Waals surface area contributed by atoms with Crippen molar-refractivity contribution < 1.29 is 14.3 Å². The van der Waals surface area contributed by atoms with Crippen LogP contribution >= 0.6 is 0 Å². The Hall–Kier alpha value is -3.67. The average molecular weight is 418 g/mol. The standard InChI is InChI=1S/C25H27N3O3/c1-18(2)14-23(29)28-24(20-9-4-3-5-10-20)25(30)27-21-11-6-12-22(15-21)31-17-19-8-7-13-26-16-19/h3-13,15-16,18,24H,14,17H2,1-2H3,(H,27,30)(H,28,29). The Morgan fingerprint density at radius 1 is 1.00 bits per heavy atom. The highest BCUT2D eigenvalue weighted by Gasteiger charge is 2.23. The number of ether oxygens (including phenoxy) is 1. The molecule has 1 atom stereocenters. The molecular formula is C25H27N3O3. The van der Waals surface area contributed by atoms with Gasteiger partial charge in [0.1, 0.15) is 18.4 Å². The summed E-state index contributed by atoms with van der Waals surface area (Å²) in [5.41, 5.74) is 2.27. The normalized spacial score (nSPS) is 11.6. The van der Waals surface area contributed by atoms with E-state index in [-0.39, 0.29) is 17.7 Å². The number of hydrogen-bond donors (Lipinski definition) is 2. The number of rotatable bonds is 9.